The molecule has 1 aliphatic rings. The van der Waals surface area contributed by atoms with Crippen LogP contribution in [0, 0.1) is 11.3 Å². The lowest BCUT2D eigenvalue weighted by atomic mass is 9.88. The van der Waals surface area contributed by atoms with Crippen LogP contribution in [0.15, 0.2) is 69.9 Å². The number of nitriles is 1. The molecule has 1 fully saturated rings. The van der Waals surface area contributed by atoms with Crippen LogP contribution in [-0.2, 0) is 6.42 Å². The summed E-state index contributed by atoms with van der Waals surface area (Å²) >= 11 is 0. The van der Waals surface area contributed by atoms with Crippen molar-refractivity contribution < 1.29 is 8.83 Å². The molecule has 0 amide bonds. The Morgan fingerprint density at radius 1 is 1.10 bits per heavy atom. The summed E-state index contributed by atoms with van der Waals surface area (Å²) in [7, 11) is 0. The molecule has 1 saturated heterocycles. The zero-order valence-electron chi connectivity index (χ0n) is 17.1. The maximum atomic E-state index is 9.82. The molecule has 1 atom stereocenters. The van der Waals surface area contributed by atoms with Crippen LogP contribution in [0.5, 0.6) is 0 Å². The highest BCUT2D eigenvalue weighted by molar-refractivity contribution is 5.87. The lowest BCUT2D eigenvalue weighted by molar-refractivity contribution is 0.272. The molecule has 4 nitrogen and oxygen atoms in total. The van der Waals surface area contributed by atoms with E-state index >= 15 is 0 Å². The van der Waals surface area contributed by atoms with Crippen molar-refractivity contribution in [1.82, 2.24) is 4.90 Å². The van der Waals surface area contributed by atoms with Crippen LogP contribution in [0.25, 0.3) is 33.4 Å². The second-order valence-electron chi connectivity index (χ2n) is 8.05. The SMILES string of the molecule is C[C@@H]1CCCN1CCc1c(-c2ccc3occc3c2)ccc(C#N)c1-c1ccco1. The molecule has 0 saturated carbocycles. The highest BCUT2D eigenvalue weighted by Crippen LogP contribution is 2.37. The Morgan fingerprint density at radius 2 is 2.03 bits per heavy atom. The molecule has 0 radical (unpaired) electrons. The standard InChI is InChI=1S/C26H24N2O2/c1-18-4-2-12-28(18)13-10-23-22(19-7-9-24-20(16-19)11-15-30-24)8-6-21(17-27)26(23)25-5-3-14-29-25/h3,5-9,11,14-16,18H,2,4,10,12-13H2,1H3/t18-/m1/s1. The third kappa shape index (κ3) is 3.32. The van der Waals surface area contributed by atoms with Gasteiger partial charge in [0.05, 0.1) is 24.2 Å². The number of furan rings is 2. The summed E-state index contributed by atoms with van der Waals surface area (Å²) in [6, 6.07) is 19.1. The summed E-state index contributed by atoms with van der Waals surface area (Å²) in [5.74, 6) is 0.752. The Hall–Kier alpha value is -3.29. The van der Waals surface area contributed by atoms with Crippen molar-refractivity contribution >= 4 is 11.0 Å². The van der Waals surface area contributed by atoms with Gasteiger partial charge < -0.3 is 13.7 Å². The van der Waals surface area contributed by atoms with Gasteiger partial charge in [-0.25, -0.2) is 0 Å². The van der Waals surface area contributed by atoms with Crippen molar-refractivity contribution in [2.45, 2.75) is 32.2 Å². The summed E-state index contributed by atoms with van der Waals surface area (Å²) < 4.78 is 11.3. The number of benzene rings is 2. The molecule has 4 heteroatoms. The molecule has 3 heterocycles. The largest absolute Gasteiger partial charge is 0.464 e. The molecule has 5 rings (SSSR count). The number of hydrogen-bond donors (Lipinski definition) is 0. The Morgan fingerprint density at radius 3 is 2.80 bits per heavy atom. The number of rotatable bonds is 5. The molecular formula is C26H24N2O2. The van der Waals surface area contributed by atoms with Crippen LogP contribution in [0.1, 0.15) is 30.9 Å². The molecule has 0 unspecified atom stereocenters. The van der Waals surface area contributed by atoms with E-state index in [4.69, 9.17) is 8.83 Å². The fourth-order valence-corrected chi connectivity index (χ4v) is 4.69. The maximum absolute atomic E-state index is 9.82. The summed E-state index contributed by atoms with van der Waals surface area (Å²) in [6.45, 7) is 4.43. The van der Waals surface area contributed by atoms with Gasteiger partial charge in [-0.05, 0) is 85.8 Å². The van der Waals surface area contributed by atoms with Crippen molar-refractivity contribution in [3.63, 3.8) is 0 Å². The molecule has 1 aliphatic heterocycles. The number of nitrogens with zero attached hydrogens (tertiary/aromatic N) is 2. The predicted octanol–water partition coefficient (Wildman–Crippen LogP) is 6.26. The minimum atomic E-state index is 0.613. The average Bonchev–Trinajstić information content (AvgIpc) is 3.53. The van der Waals surface area contributed by atoms with E-state index in [0.29, 0.717) is 11.6 Å². The maximum Gasteiger partial charge on any atom is 0.135 e. The van der Waals surface area contributed by atoms with E-state index in [-0.39, 0.29) is 0 Å². The Bertz CT molecular complexity index is 1210. The zero-order chi connectivity index (χ0) is 20.5. The van der Waals surface area contributed by atoms with Crippen molar-refractivity contribution in [2.24, 2.45) is 0 Å². The van der Waals surface area contributed by atoms with Gasteiger partial charge in [0.25, 0.3) is 0 Å². The molecule has 30 heavy (non-hydrogen) atoms. The van der Waals surface area contributed by atoms with Crippen LogP contribution in [0.4, 0.5) is 0 Å². The van der Waals surface area contributed by atoms with Crippen molar-refractivity contribution in [2.75, 3.05) is 13.1 Å². The van der Waals surface area contributed by atoms with Gasteiger partial charge in [0.1, 0.15) is 11.3 Å². The van der Waals surface area contributed by atoms with Crippen molar-refractivity contribution in [1.29, 1.82) is 5.26 Å². The molecular weight excluding hydrogens is 372 g/mol. The van der Waals surface area contributed by atoms with Crippen LogP contribution in [-0.4, -0.2) is 24.0 Å². The predicted molar refractivity (Wildman–Crippen MR) is 118 cm³/mol. The van der Waals surface area contributed by atoms with Crippen LogP contribution in [0.2, 0.25) is 0 Å². The first-order chi connectivity index (χ1) is 14.7. The number of fused-ring (bicyclic) bond motifs is 1. The molecule has 150 valence electrons. The molecule has 0 aliphatic carbocycles. The van der Waals surface area contributed by atoms with Crippen LogP contribution >= 0.6 is 0 Å². The van der Waals surface area contributed by atoms with Gasteiger partial charge in [0, 0.05) is 23.5 Å². The fraction of sp³-hybridized carbons (Fsp3) is 0.269. The Balaban J connectivity index is 1.65. The van der Waals surface area contributed by atoms with Crippen molar-refractivity contribution in [3.8, 4) is 28.5 Å². The molecule has 2 aromatic heterocycles. The lowest BCUT2D eigenvalue weighted by Crippen LogP contribution is -2.29. The number of likely N-dealkylation sites (tertiary alicyclic amines) is 1. The van der Waals surface area contributed by atoms with Crippen molar-refractivity contribution in [3.05, 3.63) is 72.2 Å². The monoisotopic (exact) mass is 396 g/mol. The van der Waals surface area contributed by atoms with E-state index in [1.165, 1.54) is 18.4 Å². The minimum absolute atomic E-state index is 0.613. The van der Waals surface area contributed by atoms with E-state index < -0.39 is 0 Å². The van der Waals surface area contributed by atoms with Gasteiger partial charge in [-0.1, -0.05) is 12.1 Å². The summed E-state index contributed by atoms with van der Waals surface area (Å²) in [4.78, 5) is 2.55. The number of hydrogen-bond acceptors (Lipinski definition) is 4. The van der Waals surface area contributed by atoms with E-state index in [9.17, 15) is 5.26 Å². The topological polar surface area (TPSA) is 53.3 Å². The molecule has 2 aromatic carbocycles. The van der Waals surface area contributed by atoms with E-state index in [0.717, 1.165) is 52.9 Å². The highest BCUT2D eigenvalue weighted by Gasteiger charge is 2.23. The van der Waals surface area contributed by atoms with Gasteiger partial charge in [0.2, 0.25) is 0 Å². The highest BCUT2D eigenvalue weighted by atomic mass is 16.3. The van der Waals surface area contributed by atoms with Gasteiger partial charge >= 0.3 is 0 Å². The lowest BCUT2D eigenvalue weighted by Gasteiger charge is -2.23. The van der Waals surface area contributed by atoms with E-state index in [2.05, 4.69) is 36.1 Å². The Labute approximate surface area is 176 Å². The second-order valence-corrected chi connectivity index (χ2v) is 8.05. The van der Waals surface area contributed by atoms with Gasteiger partial charge in [-0.3, -0.25) is 0 Å². The molecule has 0 spiro atoms. The third-order valence-corrected chi connectivity index (χ3v) is 6.30. The zero-order valence-corrected chi connectivity index (χ0v) is 17.1. The smallest absolute Gasteiger partial charge is 0.135 e. The first-order valence-corrected chi connectivity index (χ1v) is 10.6. The minimum Gasteiger partial charge on any atom is -0.464 e. The normalized spacial score (nSPS) is 16.9. The Kier molecular flexibility index (Phi) is 4.90. The fourth-order valence-electron chi connectivity index (χ4n) is 4.69. The molecule has 0 N–H and O–H groups in total. The summed E-state index contributed by atoms with van der Waals surface area (Å²) in [5, 5.41) is 10.9. The summed E-state index contributed by atoms with van der Waals surface area (Å²) in [6.07, 6.45) is 6.78. The third-order valence-electron chi connectivity index (χ3n) is 6.30. The van der Waals surface area contributed by atoms with Crippen LogP contribution in [0.3, 0.4) is 0 Å². The average molecular weight is 396 g/mol. The van der Waals surface area contributed by atoms with Gasteiger partial charge in [-0.15, -0.1) is 0 Å². The first-order valence-electron chi connectivity index (χ1n) is 10.6. The van der Waals surface area contributed by atoms with Gasteiger partial charge in [0.15, 0.2) is 0 Å². The van der Waals surface area contributed by atoms with E-state index in [1.54, 1.807) is 12.5 Å². The molecule has 4 aromatic rings. The van der Waals surface area contributed by atoms with Gasteiger partial charge in [-0.2, -0.15) is 5.26 Å². The first kappa shape index (κ1) is 18.7. The second kappa shape index (κ2) is 7.85. The molecule has 0 bridgehead atoms. The summed E-state index contributed by atoms with van der Waals surface area (Å²) in [5.41, 5.74) is 5.90. The van der Waals surface area contributed by atoms with E-state index in [1.807, 2.05) is 30.3 Å². The quantitative estimate of drug-likeness (QED) is 0.400. The van der Waals surface area contributed by atoms with Crippen LogP contribution < -0.4 is 0 Å².